The molecule has 4 nitrogen and oxygen atoms in total. The molecule has 1 fully saturated rings. The van der Waals surface area contributed by atoms with E-state index in [1.165, 1.54) is 24.7 Å². The lowest BCUT2D eigenvalue weighted by Crippen LogP contribution is -2.18. The van der Waals surface area contributed by atoms with Crippen LogP contribution < -0.4 is 4.90 Å². The zero-order valence-electron chi connectivity index (χ0n) is 11.1. The number of pyridine rings is 1. The highest BCUT2D eigenvalue weighted by Crippen LogP contribution is 2.37. The van der Waals surface area contributed by atoms with Gasteiger partial charge in [-0.05, 0) is 31.4 Å². The molecular weight excluding hydrogens is 292 g/mol. The SMILES string of the molecule is Cc1cc(N2CCCC2)nc2sc3c(Cl)ncnc3c12. The Labute approximate surface area is 125 Å². The fraction of sp³-hybridized carbons (Fsp3) is 0.357. The minimum absolute atomic E-state index is 0.514. The Hall–Kier alpha value is -1.46. The van der Waals surface area contributed by atoms with Gasteiger partial charge in [0.1, 0.15) is 22.1 Å². The highest BCUT2D eigenvalue weighted by molar-refractivity contribution is 7.26. The molecule has 0 radical (unpaired) electrons. The van der Waals surface area contributed by atoms with E-state index in [1.807, 2.05) is 0 Å². The maximum atomic E-state index is 6.17. The number of aryl methyl sites for hydroxylation is 1. The second-order valence-electron chi connectivity index (χ2n) is 5.12. The standard InChI is InChI=1S/C14H13ClN4S/c1-8-6-9(19-4-2-3-5-19)18-14-10(8)11-12(20-14)13(15)17-7-16-11/h6-7H,2-5H2,1H3. The Kier molecular flexibility index (Phi) is 2.79. The summed E-state index contributed by atoms with van der Waals surface area (Å²) < 4.78 is 0.929. The van der Waals surface area contributed by atoms with Crippen LogP contribution in [0.1, 0.15) is 18.4 Å². The Bertz CT molecular complexity index is 808. The lowest BCUT2D eigenvalue weighted by atomic mass is 10.2. The minimum atomic E-state index is 0.514. The number of halogens is 1. The third-order valence-corrected chi connectivity index (χ3v) is 5.27. The number of rotatable bonds is 1. The number of hydrogen-bond donors (Lipinski definition) is 0. The molecule has 102 valence electrons. The van der Waals surface area contributed by atoms with Crippen LogP contribution in [0.15, 0.2) is 12.4 Å². The number of fused-ring (bicyclic) bond motifs is 3. The van der Waals surface area contributed by atoms with Crippen molar-refractivity contribution >= 4 is 49.2 Å². The van der Waals surface area contributed by atoms with E-state index in [0.29, 0.717) is 5.15 Å². The first-order chi connectivity index (χ1) is 9.74. The van der Waals surface area contributed by atoms with Crippen LogP contribution in [0.3, 0.4) is 0 Å². The normalized spacial score (nSPS) is 15.6. The number of aromatic nitrogens is 3. The molecule has 0 aliphatic carbocycles. The van der Waals surface area contributed by atoms with Crippen LogP contribution in [0.2, 0.25) is 5.15 Å². The second-order valence-corrected chi connectivity index (χ2v) is 6.47. The summed E-state index contributed by atoms with van der Waals surface area (Å²) in [5, 5.41) is 1.62. The van der Waals surface area contributed by atoms with E-state index in [1.54, 1.807) is 11.3 Å². The van der Waals surface area contributed by atoms with Crippen LogP contribution >= 0.6 is 22.9 Å². The monoisotopic (exact) mass is 304 g/mol. The summed E-state index contributed by atoms with van der Waals surface area (Å²) in [6.07, 6.45) is 4.02. The van der Waals surface area contributed by atoms with Gasteiger partial charge >= 0.3 is 0 Å². The van der Waals surface area contributed by atoms with E-state index >= 15 is 0 Å². The van der Waals surface area contributed by atoms with Crippen LogP contribution in [-0.4, -0.2) is 28.0 Å². The molecule has 1 aliphatic heterocycles. The summed E-state index contributed by atoms with van der Waals surface area (Å²) in [5.74, 6) is 1.07. The molecule has 1 saturated heterocycles. The van der Waals surface area contributed by atoms with E-state index < -0.39 is 0 Å². The highest BCUT2D eigenvalue weighted by atomic mass is 35.5. The smallest absolute Gasteiger partial charge is 0.150 e. The van der Waals surface area contributed by atoms with Crippen LogP contribution in [0.5, 0.6) is 0 Å². The maximum Gasteiger partial charge on any atom is 0.150 e. The molecule has 0 bridgehead atoms. The highest BCUT2D eigenvalue weighted by Gasteiger charge is 2.18. The molecule has 3 aromatic heterocycles. The van der Waals surface area contributed by atoms with Gasteiger partial charge in [-0.15, -0.1) is 11.3 Å². The lowest BCUT2D eigenvalue weighted by Gasteiger charge is -2.16. The van der Waals surface area contributed by atoms with Gasteiger partial charge in [-0.25, -0.2) is 15.0 Å². The van der Waals surface area contributed by atoms with Gasteiger partial charge in [0.05, 0.1) is 10.2 Å². The van der Waals surface area contributed by atoms with Gasteiger partial charge in [0.15, 0.2) is 0 Å². The molecule has 1 aliphatic rings. The summed E-state index contributed by atoms with van der Waals surface area (Å²) >= 11 is 7.75. The van der Waals surface area contributed by atoms with Crippen LogP contribution in [0.25, 0.3) is 20.4 Å². The largest absolute Gasteiger partial charge is 0.357 e. The maximum absolute atomic E-state index is 6.17. The van der Waals surface area contributed by atoms with Crippen LogP contribution in [0, 0.1) is 6.92 Å². The molecule has 0 unspecified atom stereocenters. The van der Waals surface area contributed by atoms with Gasteiger partial charge in [0.2, 0.25) is 0 Å². The molecule has 0 aromatic carbocycles. The van der Waals surface area contributed by atoms with Gasteiger partial charge in [-0.1, -0.05) is 11.6 Å². The van der Waals surface area contributed by atoms with Crippen molar-refractivity contribution in [1.82, 2.24) is 15.0 Å². The van der Waals surface area contributed by atoms with Crippen molar-refractivity contribution in [1.29, 1.82) is 0 Å². The number of thiophene rings is 1. The van der Waals surface area contributed by atoms with E-state index in [9.17, 15) is 0 Å². The number of anilines is 1. The van der Waals surface area contributed by atoms with E-state index in [0.717, 1.165) is 39.3 Å². The van der Waals surface area contributed by atoms with Crippen molar-refractivity contribution in [3.05, 3.63) is 23.1 Å². The van der Waals surface area contributed by atoms with Crippen molar-refractivity contribution in [2.24, 2.45) is 0 Å². The molecule has 3 aromatic rings. The first-order valence-electron chi connectivity index (χ1n) is 6.69. The van der Waals surface area contributed by atoms with Crippen LogP contribution in [-0.2, 0) is 0 Å². The summed E-state index contributed by atoms with van der Waals surface area (Å²) in [7, 11) is 0. The van der Waals surface area contributed by atoms with Gasteiger partial charge in [-0.3, -0.25) is 0 Å². The number of hydrogen-bond acceptors (Lipinski definition) is 5. The molecule has 0 amide bonds. The van der Waals surface area contributed by atoms with Crippen molar-refractivity contribution in [2.75, 3.05) is 18.0 Å². The Balaban J connectivity index is 2.00. The fourth-order valence-electron chi connectivity index (χ4n) is 2.81. The van der Waals surface area contributed by atoms with Crippen molar-refractivity contribution in [2.45, 2.75) is 19.8 Å². The third kappa shape index (κ3) is 1.77. The van der Waals surface area contributed by atoms with E-state index in [2.05, 4.69) is 27.9 Å². The molecule has 0 saturated carbocycles. The molecule has 0 atom stereocenters. The molecule has 4 heterocycles. The summed E-state index contributed by atoms with van der Waals surface area (Å²) in [4.78, 5) is 16.6. The predicted molar refractivity (Wildman–Crippen MR) is 83.9 cm³/mol. The zero-order chi connectivity index (χ0) is 13.7. The van der Waals surface area contributed by atoms with Crippen molar-refractivity contribution in [3.8, 4) is 0 Å². The Morgan fingerprint density at radius 1 is 1.25 bits per heavy atom. The molecule has 20 heavy (non-hydrogen) atoms. The average Bonchev–Trinajstić information content (AvgIpc) is 3.05. The molecule has 4 rings (SSSR count). The average molecular weight is 305 g/mol. The van der Waals surface area contributed by atoms with Gasteiger partial charge in [-0.2, -0.15) is 0 Å². The van der Waals surface area contributed by atoms with Gasteiger partial charge in [0, 0.05) is 18.5 Å². The molecule has 0 N–H and O–H groups in total. The van der Waals surface area contributed by atoms with E-state index in [4.69, 9.17) is 16.6 Å². The summed E-state index contributed by atoms with van der Waals surface area (Å²) in [5.41, 5.74) is 2.13. The minimum Gasteiger partial charge on any atom is -0.357 e. The first kappa shape index (κ1) is 12.3. The molecule has 6 heteroatoms. The second kappa shape index (κ2) is 4.53. The first-order valence-corrected chi connectivity index (χ1v) is 7.89. The van der Waals surface area contributed by atoms with Crippen molar-refractivity contribution in [3.63, 3.8) is 0 Å². The fourth-order valence-corrected chi connectivity index (χ4v) is 4.14. The van der Waals surface area contributed by atoms with Gasteiger partial charge in [0.25, 0.3) is 0 Å². The topological polar surface area (TPSA) is 41.9 Å². The summed E-state index contributed by atoms with van der Waals surface area (Å²) in [6, 6.07) is 2.16. The quantitative estimate of drug-likeness (QED) is 0.641. The summed E-state index contributed by atoms with van der Waals surface area (Å²) in [6.45, 7) is 4.32. The predicted octanol–water partition coefficient (Wildman–Crippen LogP) is 3.80. The molecule has 0 spiro atoms. The number of nitrogens with zero attached hydrogens (tertiary/aromatic N) is 4. The Morgan fingerprint density at radius 2 is 2.05 bits per heavy atom. The van der Waals surface area contributed by atoms with Crippen LogP contribution in [0.4, 0.5) is 5.82 Å². The lowest BCUT2D eigenvalue weighted by molar-refractivity contribution is 0.943. The van der Waals surface area contributed by atoms with E-state index in [-0.39, 0.29) is 0 Å². The zero-order valence-corrected chi connectivity index (χ0v) is 12.6. The van der Waals surface area contributed by atoms with Gasteiger partial charge < -0.3 is 4.90 Å². The molecular formula is C14H13ClN4S. The third-order valence-electron chi connectivity index (χ3n) is 3.80. The van der Waals surface area contributed by atoms with Crippen molar-refractivity contribution < 1.29 is 0 Å². The Morgan fingerprint density at radius 3 is 2.85 bits per heavy atom.